The molecule has 1 N–H and O–H groups in total. The Morgan fingerprint density at radius 2 is 2.00 bits per heavy atom. The van der Waals surface area contributed by atoms with E-state index in [1.165, 1.54) is 18.5 Å². The molecule has 1 aromatic carbocycles. The Bertz CT molecular complexity index is 598. The van der Waals surface area contributed by atoms with Gasteiger partial charge in [-0.3, -0.25) is 0 Å². The highest BCUT2D eigenvalue weighted by atomic mass is 19.2. The van der Waals surface area contributed by atoms with Crippen molar-refractivity contribution in [3.63, 3.8) is 0 Å². The first-order valence-electron chi connectivity index (χ1n) is 6.95. The van der Waals surface area contributed by atoms with E-state index in [9.17, 15) is 13.9 Å². The second-order valence-corrected chi connectivity index (χ2v) is 5.53. The molecule has 0 fully saturated rings. The summed E-state index contributed by atoms with van der Waals surface area (Å²) in [6.45, 7) is 4.82. The Labute approximate surface area is 122 Å². The van der Waals surface area contributed by atoms with Crippen molar-refractivity contribution < 1.29 is 13.9 Å². The van der Waals surface area contributed by atoms with E-state index in [0.717, 1.165) is 6.07 Å². The Kier molecular flexibility index (Phi) is 5.01. The molecule has 0 saturated heterocycles. The molecule has 0 radical (unpaired) electrons. The third-order valence-corrected chi connectivity index (χ3v) is 3.14. The first kappa shape index (κ1) is 15.6. The fourth-order valence-corrected chi connectivity index (χ4v) is 2.19. The Morgan fingerprint density at radius 1 is 1.24 bits per heavy atom. The standard InChI is InChI=1S/C15H19F2N3O/c1-10(2)8-20-14(18-9-19-20)7-12(21)6-11-4-3-5-13(16)15(11)17/h3-5,9-10,12,21H,6-8H2,1-2H3. The monoisotopic (exact) mass is 295 g/mol. The third-order valence-electron chi connectivity index (χ3n) is 3.14. The van der Waals surface area contributed by atoms with E-state index in [0.29, 0.717) is 18.3 Å². The number of nitrogens with zero attached hydrogens (tertiary/aromatic N) is 3. The van der Waals surface area contributed by atoms with Gasteiger partial charge in [0.25, 0.3) is 0 Å². The molecule has 1 atom stereocenters. The molecule has 4 nitrogen and oxygen atoms in total. The minimum Gasteiger partial charge on any atom is -0.392 e. The summed E-state index contributed by atoms with van der Waals surface area (Å²) in [5, 5.41) is 14.2. The van der Waals surface area contributed by atoms with Gasteiger partial charge in [-0.1, -0.05) is 26.0 Å². The Balaban J connectivity index is 2.03. The highest BCUT2D eigenvalue weighted by Gasteiger charge is 2.16. The smallest absolute Gasteiger partial charge is 0.162 e. The molecule has 2 rings (SSSR count). The van der Waals surface area contributed by atoms with Crippen LogP contribution in [-0.2, 0) is 19.4 Å². The SMILES string of the molecule is CC(C)Cn1ncnc1CC(O)Cc1cccc(F)c1F. The molecule has 0 spiro atoms. The van der Waals surface area contributed by atoms with Crippen molar-refractivity contribution in [2.45, 2.75) is 39.3 Å². The van der Waals surface area contributed by atoms with E-state index in [1.54, 1.807) is 4.68 Å². The zero-order chi connectivity index (χ0) is 15.4. The van der Waals surface area contributed by atoms with Crippen molar-refractivity contribution in [3.8, 4) is 0 Å². The second kappa shape index (κ2) is 6.76. The number of halogens is 2. The van der Waals surface area contributed by atoms with Crippen LogP contribution >= 0.6 is 0 Å². The van der Waals surface area contributed by atoms with Gasteiger partial charge in [-0.2, -0.15) is 5.10 Å². The number of aromatic nitrogens is 3. The number of aliphatic hydroxyl groups excluding tert-OH is 1. The van der Waals surface area contributed by atoms with E-state index in [2.05, 4.69) is 23.9 Å². The van der Waals surface area contributed by atoms with Crippen molar-refractivity contribution in [3.05, 3.63) is 47.5 Å². The van der Waals surface area contributed by atoms with E-state index < -0.39 is 17.7 Å². The van der Waals surface area contributed by atoms with Crippen LogP contribution < -0.4 is 0 Å². The van der Waals surface area contributed by atoms with Gasteiger partial charge in [0.15, 0.2) is 11.6 Å². The first-order chi connectivity index (χ1) is 9.97. The fourth-order valence-electron chi connectivity index (χ4n) is 2.19. The molecule has 0 aliphatic carbocycles. The van der Waals surface area contributed by atoms with Gasteiger partial charge in [-0.15, -0.1) is 0 Å². The second-order valence-electron chi connectivity index (χ2n) is 5.53. The Morgan fingerprint density at radius 3 is 2.71 bits per heavy atom. The Hall–Kier alpha value is -1.82. The van der Waals surface area contributed by atoms with E-state index in [4.69, 9.17) is 0 Å². The van der Waals surface area contributed by atoms with Gasteiger partial charge in [-0.05, 0) is 17.5 Å². The predicted octanol–water partition coefficient (Wildman–Crippen LogP) is 2.36. The summed E-state index contributed by atoms with van der Waals surface area (Å²) in [6.07, 6.45) is 0.894. The highest BCUT2D eigenvalue weighted by Crippen LogP contribution is 2.15. The summed E-state index contributed by atoms with van der Waals surface area (Å²) >= 11 is 0. The maximum Gasteiger partial charge on any atom is 0.162 e. The summed E-state index contributed by atoms with van der Waals surface area (Å²) in [7, 11) is 0. The van der Waals surface area contributed by atoms with Crippen molar-refractivity contribution in [1.82, 2.24) is 14.8 Å². The van der Waals surface area contributed by atoms with Gasteiger partial charge in [-0.25, -0.2) is 18.4 Å². The maximum absolute atomic E-state index is 13.6. The van der Waals surface area contributed by atoms with Gasteiger partial charge in [0.2, 0.25) is 0 Å². The summed E-state index contributed by atoms with van der Waals surface area (Å²) in [5.41, 5.74) is 0.164. The lowest BCUT2D eigenvalue weighted by Crippen LogP contribution is -2.19. The van der Waals surface area contributed by atoms with Gasteiger partial charge in [0.1, 0.15) is 12.2 Å². The lowest BCUT2D eigenvalue weighted by Gasteiger charge is -2.13. The fraction of sp³-hybridized carbons (Fsp3) is 0.467. The van der Waals surface area contributed by atoms with Crippen LogP contribution in [0.15, 0.2) is 24.5 Å². The van der Waals surface area contributed by atoms with Crippen molar-refractivity contribution in [1.29, 1.82) is 0 Å². The summed E-state index contributed by atoms with van der Waals surface area (Å²) < 4.78 is 28.4. The predicted molar refractivity (Wildman–Crippen MR) is 74.6 cm³/mol. The minimum absolute atomic E-state index is 0.0398. The molecule has 1 aromatic heterocycles. The topological polar surface area (TPSA) is 50.9 Å². The van der Waals surface area contributed by atoms with Crippen molar-refractivity contribution in [2.75, 3.05) is 0 Å². The zero-order valence-electron chi connectivity index (χ0n) is 12.1. The highest BCUT2D eigenvalue weighted by molar-refractivity contribution is 5.19. The lowest BCUT2D eigenvalue weighted by atomic mass is 10.0. The average molecular weight is 295 g/mol. The van der Waals surface area contributed by atoms with E-state index in [1.807, 2.05) is 0 Å². The minimum atomic E-state index is -0.903. The maximum atomic E-state index is 13.6. The van der Waals surface area contributed by atoms with Crippen LogP contribution in [0.5, 0.6) is 0 Å². The van der Waals surface area contributed by atoms with Crippen molar-refractivity contribution in [2.24, 2.45) is 5.92 Å². The number of benzene rings is 1. The van der Waals surface area contributed by atoms with Crippen molar-refractivity contribution >= 4 is 0 Å². The summed E-state index contributed by atoms with van der Waals surface area (Å²) in [5.74, 6) is -0.751. The van der Waals surface area contributed by atoms with E-state index >= 15 is 0 Å². The lowest BCUT2D eigenvalue weighted by molar-refractivity contribution is 0.169. The van der Waals surface area contributed by atoms with Gasteiger partial charge in [0.05, 0.1) is 6.10 Å². The van der Waals surface area contributed by atoms with Crippen LogP contribution in [0.25, 0.3) is 0 Å². The van der Waals surface area contributed by atoms with Crippen LogP contribution in [-0.4, -0.2) is 26.0 Å². The number of hydrogen-bond acceptors (Lipinski definition) is 3. The molecule has 2 aromatic rings. The molecule has 21 heavy (non-hydrogen) atoms. The number of hydrogen-bond donors (Lipinski definition) is 1. The number of aliphatic hydroxyl groups is 1. The van der Waals surface area contributed by atoms with Crippen LogP contribution in [0.3, 0.4) is 0 Å². The molecule has 0 saturated carbocycles. The quantitative estimate of drug-likeness (QED) is 0.890. The molecular formula is C15H19F2N3O. The summed E-state index contributed by atoms with van der Waals surface area (Å²) in [4.78, 5) is 4.11. The molecule has 0 bridgehead atoms. The molecule has 1 unspecified atom stereocenters. The van der Waals surface area contributed by atoms with Gasteiger partial charge >= 0.3 is 0 Å². The first-order valence-corrected chi connectivity index (χ1v) is 6.95. The molecule has 0 aliphatic rings. The number of rotatable bonds is 6. The normalized spacial score (nSPS) is 12.9. The van der Waals surface area contributed by atoms with Crippen LogP contribution in [0.4, 0.5) is 8.78 Å². The van der Waals surface area contributed by atoms with Gasteiger partial charge in [0, 0.05) is 19.4 Å². The van der Waals surface area contributed by atoms with Gasteiger partial charge < -0.3 is 5.11 Å². The van der Waals surface area contributed by atoms with Crippen LogP contribution in [0.1, 0.15) is 25.2 Å². The molecule has 6 heteroatoms. The van der Waals surface area contributed by atoms with Crippen LogP contribution in [0, 0.1) is 17.6 Å². The molecule has 114 valence electrons. The molecule has 0 amide bonds. The average Bonchev–Trinajstić information content (AvgIpc) is 2.81. The molecule has 1 heterocycles. The third kappa shape index (κ3) is 4.07. The molecular weight excluding hydrogens is 276 g/mol. The largest absolute Gasteiger partial charge is 0.392 e. The van der Waals surface area contributed by atoms with Crippen LogP contribution in [0.2, 0.25) is 0 Å². The molecule has 0 aliphatic heterocycles. The zero-order valence-corrected chi connectivity index (χ0v) is 12.1. The summed E-state index contributed by atoms with van der Waals surface area (Å²) in [6, 6.07) is 3.96. The van der Waals surface area contributed by atoms with E-state index in [-0.39, 0.29) is 18.4 Å².